The fourth-order valence-corrected chi connectivity index (χ4v) is 3.56. The van der Waals surface area contributed by atoms with Crippen LogP contribution in [0.25, 0.3) is 10.9 Å². The van der Waals surface area contributed by atoms with Crippen LogP contribution in [0, 0.1) is 0 Å². The molecular weight excluding hydrogens is 282 g/mol. The number of carbonyl (C=O) groups is 1. The number of hydrogen-bond donors (Lipinski definition) is 3. The first-order valence-corrected chi connectivity index (χ1v) is 8.33. The maximum absolute atomic E-state index is 11.7. The van der Waals surface area contributed by atoms with Crippen molar-refractivity contribution in [2.24, 2.45) is 5.73 Å². The Morgan fingerprint density at radius 2 is 2.24 bits per heavy atom. The van der Waals surface area contributed by atoms with Gasteiger partial charge in [0.25, 0.3) is 0 Å². The van der Waals surface area contributed by atoms with Gasteiger partial charge in [-0.15, -0.1) is 11.8 Å². The summed E-state index contributed by atoms with van der Waals surface area (Å²) in [6.07, 6.45) is 3.04. The number of benzene rings is 1. The predicted molar refractivity (Wildman–Crippen MR) is 87.4 cm³/mol. The lowest BCUT2D eigenvalue weighted by Crippen LogP contribution is -2.54. The summed E-state index contributed by atoms with van der Waals surface area (Å²) >= 11 is 1.73. The first kappa shape index (κ1) is 14.5. The van der Waals surface area contributed by atoms with Crippen LogP contribution in [0.3, 0.4) is 0 Å². The number of fused-ring (bicyclic) bond motifs is 1. The number of hydrogen-bond acceptors (Lipinski definition) is 3. The lowest BCUT2D eigenvalue weighted by Gasteiger charge is -2.27. The van der Waals surface area contributed by atoms with E-state index in [1.807, 2.05) is 19.1 Å². The van der Waals surface area contributed by atoms with E-state index in [1.165, 1.54) is 5.39 Å². The van der Waals surface area contributed by atoms with Crippen molar-refractivity contribution < 1.29 is 4.79 Å². The fraction of sp³-hybridized carbons (Fsp3) is 0.438. The van der Waals surface area contributed by atoms with Gasteiger partial charge in [0.05, 0.1) is 10.6 Å². The highest BCUT2D eigenvalue weighted by Gasteiger charge is 2.36. The van der Waals surface area contributed by atoms with Crippen molar-refractivity contribution in [2.75, 3.05) is 5.75 Å². The molecule has 5 heteroatoms. The van der Waals surface area contributed by atoms with Crippen molar-refractivity contribution in [3.8, 4) is 0 Å². The number of thioether (sulfide) groups is 1. The molecule has 0 aliphatic heterocycles. The third-order valence-electron chi connectivity index (χ3n) is 4.01. The zero-order valence-electron chi connectivity index (χ0n) is 12.2. The second-order valence-electron chi connectivity index (χ2n) is 5.93. The molecule has 1 heterocycles. The topological polar surface area (TPSA) is 70.9 Å². The quantitative estimate of drug-likeness (QED) is 0.689. The van der Waals surface area contributed by atoms with E-state index in [-0.39, 0.29) is 5.91 Å². The van der Waals surface area contributed by atoms with E-state index in [0.29, 0.717) is 6.04 Å². The molecule has 2 aromatic rings. The van der Waals surface area contributed by atoms with E-state index in [2.05, 4.69) is 28.5 Å². The molecule has 1 atom stereocenters. The van der Waals surface area contributed by atoms with Gasteiger partial charge in [-0.1, -0.05) is 18.2 Å². The number of H-pyrrole nitrogens is 1. The van der Waals surface area contributed by atoms with Gasteiger partial charge in [-0.05, 0) is 38.3 Å². The van der Waals surface area contributed by atoms with E-state index >= 15 is 0 Å². The molecule has 21 heavy (non-hydrogen) atoms. The van der Waals surface area contributed by atoms with Crippen LogP contribution in [0.4, 0.5) is 0 Å². The molecule has 0 saturated heterocycles. The van der Waals surface area contributed by atoms with Crippen molar-refractivity contribution in [3.63, 3.8) is 0 Å². The van der Waals surface area contributed by atoms with Gasteiger partial charge in [-0.2, -0.15) is 0 Å². The average molecular weight is 303 g/mol. The average Bonchev–Trinajstić information content (AvgIpc) is 3.15. The fourth-order valence-electron chi connectivity index (χ4n) is 2.43. The molecule has 0 bridgehead atoms. The van der Waals surface area contributed by atoms with E-state index in [4.69, 9.17) is 5.73 Å². The smallest absolute Gasteiger partial charge is 0.237 e. The second-order valence-corrected chi connectivity index (χ2v) is 7.07. The van der Waals surface area contributed by atoms with Crippen molar-refractivity contribution in [1.29, 1.82) is 0 Å². The SMILES string of the molecule is CC(CCSc1cc2ccccc2[nH]1)(NC1CC1)C(N)=O. The summed E-state index contributed by atoms with van der Waals surface area (Å²) in [6, 6.07) is 10.8. The molecule has 1 aliphatic carbocycles. The number of amides is 1. The first-order chi connectivity index (χ1) is 10.1. The maximum atomic E-state index is 11.7. The summed E-state index contributed by atoms with van der Waals surface area (Å²) in [5, 5.41) is 5.73. The number of nitrogens with two attached hydrogens (primary N) is 1. The molecule has 4 N–H and O–H groups in total. The Balaban J connectivity index is 1.59. The van der Waals surface area contributed by atoms with Crippen LogP contribution in [0.5, 0.6) is 0 Å². The van der Waals surface area contributed by atoms with Gasteiger partial charge in [0, 0.05) is 22.7 Å². The van der Waals surface area contributed by atoms with Crippen molar-refractivity contribution in [1.82, 2.24) is 10.3 Å². The lowest BCUT2D eigenvalue weighted by molar-refractivity contribution is -0.124. The van der Waals surface area contributed by atoms with Crippen LogP contribution in [-0.4, -0.2) is 28.2 Å². The number of primary amides is 1. The number of para-hydroxylation sites is 1. The van der Waals surface area contributed by atoms with Crippen LogP contribution in [0.1, 0.15) is 26.2 Å². The summed E-state index contributed by atoms with van der Waals surface area (Å²) in [5.41, 5.74) is 6.12. The van der Waals surface area contributed by atoms with E-state index in [0.717, 1.165) is 35.6 Å². The molecular formula is C16H21N3OS. The van der Waals surface area contributed by atoms with E-state index < -0.39 is 5.54 Å². The number of carbonyl (C=O) groups excluding carboxylic acids is 1. The van der Waals surface area contributed by atoms with Crippen LogP contribution in [-0.2, 0) is 4.79 Å². The molecule has 1 unspecified atom stereocenters. The Hall–Kier alpha value is -1.46. The highest BCUT2D eigenvalue weighted by Crippen LogP contribution is 2.28. The number of rotatable bonds is 7. The minimum absolute atomic E-state index is 0.258. The highest BCUT2D eigenvalue weighted by atomic mass is 32.2. The molecule has 3 rings (SSSR count). The minimum atomic E-state index is -0.597. The van der Waals surface area contributed by atoms with Crippen molar-refractivity contribution >= 4 is 28.6 Å². The second kappa shape index (κ2) is 5.73. The van der Waals surface area contributed by atoms with Crippen molar-refractivity contribution in [2.45, 2.75) is 42.8 Å². The van der Waals surface area contributed by atoms with Gasteiger partial charge in [0.2, 0.25) is 5.91 Å². The normalized spacial score (nSPS) is 17.8. The zero-order chi connectivity index (χ0) is 14.9. The van der Waals surface area contributed by atoms with Gasteiger partial charge in [0.1, 0.15) is 0 Å². The minimum Gasteiger partial charge on any atom is -0.368 e. The Bertz CT molecular complexity index is 617. The van der Waals surface area contributed by atoms with E-state index in [9.17, 15) is 4.79 Å². The van der Waals surface area contributed by atoms with Gasteiger partial charge in [-0.25, -0.2) is 0 Å². The van der Waals surface area contributed by atoms with Crippen molar-refractivity contribution in [3.05, 3.63) is 30.3 Å². The first-order valence-electron chi connectivity index (χ1n) is 7.35. The Kier molecular flexibility index (Phi) is 3.95. The summed E-state index contributed by atoms with van der Waals surface area (Å²) in [4.78, 5) is 15.1. The largest absolute Gasteiger partial charge is 0.368 e. The molecule has 1 saturated carbocycles. The molecule has 4 nitrogen and oxygen atoms in total. The van der Waals surface area contributed by atoms with Gasteiger partial charge in [0.15, 0.2) is 0 Å². The molecule has 0 radical (unpaired) electrons. The molecule has 1 aromatic heterocycles. The molecule has 112 valence electrons. The third kappa shape index (κ3) is 3.41. The Morgan fingerprint density at radius 3 is 2.90 bits per heavy atom. The van der Waals surface area contributed by atoms with Crippen LogP contribution in [0.15, 0.2) is 35.4 Å². The summed E-state index contributed by atoms with van der Waals surface area (Å²) in [5.74, 6) is 0.595. The maximum Gasteiger partial charge on any atom is 0.237 e. The highest BCUT2D eigenvalue weighted by molar-refractivity contribution is 7.99. The van der Waals surface area contributed by atoms with Crippen LogP contribution in [0.2, 0.25) is 0 Å². The molecule has 1 aliphatic rings. The number of aromatic amines is 1. The van der Waals surface area contributed by atoms with Crippen LogP contribution >= 0.6 is 11.8 Å². The standard InChI is InChI=1S/C16H21N3OS/c1-16(15(17)20,19-12-6-7-12)8-9-21-14-10-11-4-2-3-5-13(11)18-14/h2-5,10,12,18-19H,6-9H2,1H3,(H2,17,20). The van der Waals surface area contributed by atoms with E-state index in [1.54, 1.807) is 11.8 Å². The molecule has 1 aromatic carbocycles. The summed E-state index contributed by atoms with van der Waals surface area (Å²) < 4.78 is 0. The van der Waals surface area contributed by atoms with Gasteiger partial charge >= 0.3 is 0 Å². The van der Waals surface area contributed by atoms with Gasteiger partial charge in [-0.3, -0.25) is 4.79 Å². The lowest BCUT2D eigenvalue weighted by atomic mass is 9.98. The summed E-state index contributed by atoms with van der Waals surface area (Å²) in [6.45, 7) is 1.92. The molecule has 0 spiro atoms. The summed E-state index contributed by atoms with van der Waals surface area (Å²) in [7, 11) is 0. The molecule has 1 fully saturated rings. The Labute approximate surface area is 128 Å². The van der Waals surface area contributed by atoms with Gasteiger partial charge < -0.3 is 16.0 Å². The zero-order valence-corrected chi connectivity index (χ0v) is 13.0. The number of aromatic nitrogens is 1. The number of nitrogens with one attached hydrogen (secondary N) is 2. The van der Waals surface area contributed by atoms with Crippen LogP contribution < -0.4 is 11.1 Å². The monoisotopic (exact) mass is 303 g/mol. The molecule has 1 amide bonds. The Morgan fingerprint density at radius 1 is 1.48 bits per heavy atom. The third-order valence-corrected chi connectivity index (χ3v) is 4.95. The predicted octanol–water partition coefficient (Wildman–Crippen LogP) is 2.65.